The summed E-state index contributed by atoms with van der Waals surface area (Å²) in [6, 6.07) is 21.2. The van der Waals surface area contributed by atoms with Crippen molar-refractivity contribution in [3.63, 3.8) is 0 Å². The zero-order chi connectivity index (χ0) is 26.8. The average Bonchev–Trinajstić information content (AvgIpc) is 2.89. The van der Waals surface area contributed by atoms with Crippen LogP contribution in [0.4, 0.5) is 0 Å². The first kappa shape index (κ1) is 31.1. The van der Waals surface area contributed by atoms with Crippen molar-refractivity contribution in [2.24, 2.45) is 0 Å². The Morgan fingerprint density at radius 2 is 1.05 bits per heavy atom. The van der Waals surface area contributed by atoms with Crippen molar-refractivity contribution in [1.29, 1.82) is 0 Å². The summed E-state index contributed by atoms with van der Waals surface area (Å²) in [5, 5.41) is 2.48. The summed E-state index contributed by atoms with van der Waals surface area (Å²) in [6.07, 6.45) is 0.264. The van der Waals surface area contributed by atoms with Gasteiger partial charge in [-0.2, -0.15) is 0 Å². The molecule has 0 bridgehead atoms. The van der Waals surface area contributed by atoms with Gasteiger partial charge in [0.25, 0.3) is 8.32 Å². The van der Waals surface area contributed by atoms with Crippen molar-refractivity contribution in [3.05, 3.63) is 60.7 Å². The predicted molar refractivity (Wildman–Crippen MR) is 148 cm³/mol. The molecule has 0 aliphatic rings. The summed E-state index contributed by atoms with van der Waals surface area (Å²) in [7, 11) is -2.52. The molecule has 0 heterocycles. The lowest BCUT2D eigenvalue weighted by Crippen LogP contribution is -2.66. The highest BCUT2D eigenvalue weighted by atomic mass is 28.4. The molecule has 7 nitrogen and oxygen atoms in total. The summed E-state index contributed by atoms with van der Waals surface area (Å²) >= 11 is 0. The Labute approximate surface area is 223 Å². The second kappa shape index (κ2) is 17.4. The van der Waals surface area contributed by atoms with Gasteiger partial charge in [0, 0.05) is 0 Å². The average molecular weight is 533 g/mol. The van der Waals surface area contributed by atoms with E-state index in [1.807, 2.05) is 12.1 Å². The topological polar surface area (TPSA) is 72.5 Å². The molecule has 0 radical (unpaired) electrons. The van der Waals surface area contributed by atoms with Crippen molar-refractivity contribution in [2.45, 2.75) is 39.2 Å². The van der Waals surface area contributed by atoms with Crippen molar-refractivity contribution in [3.8, 4) is 0 Å². The molecule has 0 saturated carbocycles. The molecule has 0 aliphatic heterocycles. The number of carbonyl (C=O) groups excluding carboxylic acids is 1. The lowest BCUT2D eigenvalue weighted by Gasteiger charge is -2.43. The molecule has 2 aromatic carbocycles. The van der Waals surface area contributed by atoms with Crippen LogP contribution in [0.2, 0.25) is 5.04 Å². The van der Waals surface area contributed by atoms with Gasteiger partial charge >= 0.3 is 5.97 Å². The van der Waals surface area contributed by atoms with E-state index in [0.717, 1.165) is 0 Å². The van der Waals surface area contributed by atoms with E-state index in [2.05, 4.69) is 69.3 Å². The molecule has 0 aromatic heterocycles. The Hall–Kier alpha value is -2.07. The minimum absolute atomic E-state index is 0.0508. The van der Waals surface area contributed by atoms with E-state index in [1.54, 1.807) is 6.92 Å². The standard InChI is InChI=1S/C29H44O7Si/c1-5-35-28(30)16-17-31-18-19-32-20-21-33-22-23-34-24-25-36-37(29(2,3)4,26-12-8-6-9-13-26)27-14-10-7-11-15-27/h6-15H,5,16-25H2,1-4H3. The van der Waals surface area contributed by atoms with E-state index in [9.17, 15) is 4.79 Å². The van der Waals surface area contributed by atoms with Crippen LogP contribution >= 0.6 is 0 Å². The van der Waals surface area contributed by atoms with Gasteiger partial charge in [0.15, 0.2) is 0 Å². The second-order valence-corrected chi connectivity index (χ2v) is 13.8. The maximum atomic E-state index is 11.2. The number of ether oxygens (including phenoxy) is 5. The second-order valence-electron chi connectivity index (χ2n) is 9.52. The van der Waals surface area contributed by atoms with Crippen LogP contribution in [0.15, 0.2) is 60.7 Å². The normalized spacial score (nSPS) is 12.0. The monoisotopic (exact) mass is 532 g/mol. The third kappa shape index (κ3) is 10.7. The SMILES string of the molecule is CCOC(=O)CCOCCOCCOCCOCCO[Si](c1ccccc1)(c1ccccc1)C(C)(C)C. The maximum absolute atomic E-state index is 11.2. The lowest BCUT2D eigenvalue weighted by molar-refractivity contribution is -0.144. The first-order valence-electron chi connectivity index (χ1n) is 13.1. The number of carbonyl (C=O) groups is 1. The molecule has 2 rings (SSSR count). The van der Waals surface area contributed by atoms with Crippen molar-refractivity contribution in [2.75, 3.05) is 66.1 Å². The van der Waals surface area contributed by atoms with Gasteiger partial charge in [0.1, 0.15) is 0 Å². The van der Waals surface area contributed by atoms with Crippen molar-refractivity contribution in [1.82, 2.24) is 0 Å². The minimum atomic E-state index is -2.52. The molecule has 0 saturated heterocycles. The Bertz CT molecular complexity index is 816. The van der Waals surface area contributed by atoms with Gasteiger partial charge < -0.3 is 28.1 Å². The minimum Gasteiger partial charge on any atom is -0.466 e. The highest BCUT2D eigenvalue weighted by Gasteiger charge is 2.49. The Kier molecular flexibility index (Phi) is 14.7. The molecular formula is C29H44O7Si. The van der Waals surface area contributed by atoms with Gasteiger partial charge in [-0.05, 0) is 22.3 Å². The van der Waals surface area contributed by atoms with Crippen LogP contribution in [0.1, 0.15) is 34.1 Å². The molecule has 0 aliphatic carbocycles. The molecule has 0 N–H and O–H groups in total. The van der Waals surface area contributed by atoms with Gasteiger partial charge in [-0.15, -0.1) is 0 Å². The zero-order valence-corrected chi connectivity index (χ0v) is 23.9. The first-order chi connectivity index (χ1) is 17.9. The van der Waals surface area contributed by atoms with Gasteiger partial charge in [-0.25, -0.2) is 0 Å². The summed E-state index contributed by atoms with van der Waals surface area (Å²) in [5.41, 5.74) is 0. The molecule has 0 fully saturated rings. The van der Waals surface area contributed by atoms with Gasteiger partial charge in [-0.3, -0.25) is 4.79 Å². The summed E-state index contributed by atoms with van der Waals surface area (Å²) in [4.78, 5) is 11.2. The summed E-state index contributed by atoms with van der Waals surface area (Å²) in [5.74, 6) is -0.242. The molecule has 8 heteroatoms. The van der Waals surface area contributed by atoms with Crippen LogP contribution in [0.3, 0.4) is 0 Å². The highest BCUT2D eigenvalue weighted by Crippen LogP contribution is 2.36. The smallest absolute Gasteiger partial charge is 0.308 e. The van der Waals surface area contributed by atoms with E-state index in [4.69, 9.17) is 28.1 Å². The van der Waals surface area contributed by atoms with E-state index < -0.39 is 8.32 Å². The largest absolute Gasteiger partial charge is 0.466 e. The number of esters is 1. The molecule has 0 amide bonds. The Balaban J connectivity index is 1.64. The van der Waals surface area contributed by atoms with Crippen LogP contribution in [-0.4, -0.2) is 80.4 Å². The fraction of sp³-hybridized carbons (Fsp3) is 0.552. The maximum Gasteiger partial charge on any atom is 0.308 e. The van der Waals surface area contributed by atoms with E-state index in [0.29, 0.717) is 66.1 Å². The third-order valence-electron chi connectivity index (χ3n) is 5.83. The number of rotatable bonds is 19. The van der Waals surface area contributed by atoms with Crippen LogP contribution in [0.25, 0.3) is 0 Å². The van der Waals surface area contributed by atoms with Crippen molar-refractivity contribution < 1.29 is 32.9 Å². The van der Waals surface area contributed by atoms with Crippen LogP contribution < -0.4 is 10.4 Å². The van der Waals surface area contributed by atoms with Crippen LogP contribution in [0, 0.1) is 0 Å². The highest BCUT2D eigenvalue weighted by molar-refractivity contribution is 6.99. The number of hydrogen-bond donors (Lipinski definition) is 0. The zero-order valence-electron chi connectivity index (χ0n) is 22.9. The van der Waals surface area contributed by atoms with Crippen LogP contribution in [-0.2, 0) is 32.9 Å². The Morgan fingerprint density at radius 1 is 0.649 bits per heavy atom. The van der Waals surface area contributed by atoms with E-state index in [1.165, 1.54) is 10.4 Å². The molecule has 0 atom stereocenters. The lowest BCUT2D eigenvalue weighted by atomic mass is 10.2. The van der Waals surface area contributed by atoms with Crippen LogP contribution in [0.5, 0.6) is 0 Å². The molecule has 0 unspecified atom stereocenters. The molecule has 2 aromatic rings. The first-order valence-corrected chi connectivity index (χ1v) is 15.0. The fourth-order valence-corrected chi connectivity index (χ4v) is 8.71. The molecule has 0 spiro atoms. The summed E-state index contributed by atoms with van der Waals surface area (Å²) in [6.45, 7) is 13.2. The predicted octanol–water partition coefficient (Wildman–Crippen LogP) is 3.58. The summed E-state index contributed by atoms with van der Waals surface area (Å²) < 4.78 is 33.8. The van der Waals surface area contributed by atoms with Crippen molar-refractivity contribution >= 4 is 24.7 Å². The van der Waals surface area contributed by atoms with Gasteiger partial charge in [0.2, 0.25) is 0 Å². The fourth-order valence-electron chi connectivity index (χ4n) is 4.17. The number of benzene rings is 2. The quantitative estimate of drug-likeness (QED) is 0.156. The van der Waals surface area contributed by atoms with E-state index >= 15 is 0 Å². The van der Waals surface area contributed by atoms with Gasteiger partial charge in [-0.1, -0.05) is 81.4 Å². The van der Waals surface area contributed by atoms with E-state index in [-0.39, 0.29) is 17.4 Å². The molecular weight excluding hydrogens is 488 g/mol. The molecule has 37 heavy (non-hydrogen) atoms. The van der Waals surface area contributed by atoms with Gasteiger partial charge in [0.05, 0.1) is 72.5 Å². The Morgan fingerprint density at radius 3 is 1.46 bits per heavy atom. The number of hydrogen-bond acceptors (Lipinski definition) is 7. The third-order valence-corrected chi connectivity index (χ3v) is 10.9. The molecule has 206 valence electrons.